The topological polar surface area (TPSA) is 7.65 Å². The molecule has 0 spiro atoms. The Morgan fingerprint density at radius 3 is 1.33 bits per heavy atom. The maximum atomic E-state index is 2.45. The van der Waals surface area contributed by atoms with Gasteiger partial charge in [0.05, 0.1) is 16.6 Å². The lowest BCUT2D eigenvalue weighted by Gasteiger charge is -2.27. The molecule has 2 nitrogen and oxygen atoms in total. The number of rotatable bonds is 6. The fourth-order valence-corrected chi connectivity index (χ4v) is 12.1. The van der Waals surface area contributed by atoms with E-state index in [0.717, 1.165) is 17.1 Å². The summed E-state index contributed by atoms with van der Waals surface area (Å²) in [6, 6.07) is 92.4. The monoisotopic (exact) mass is 874 g/mol. The summed E-state index contributed by atoms with van der Waals surface area (Å²) in [5.41, 5.74) is 18.7. The average Bonchev–Trinajstić information content (AvgIpc) is 4.07. The van der Waals surface area contributed by atoms with Gasteiger partial charge in [0.2, 0.25) is 0 Å². The van der Waals surface area contributed by atoms with Crippen molar-refractivity contribution in [3.05, 3.63) is 265 Å². The van der Waals surface area contributed by atoms with Crippen LogP contribution in [0.3, 0.4) is 0 Å². The molecule has 0 atom stereocenters. The fourth-order valence-electron chi connectivity index (χ4n) is 12.1. The minimum absolute atomic E-state index is 0.233. The molecule has 69 heavy (non-hydrogen) atoms. The number of aromatic nitrogens is 1. The van der Waals surface area contributed by atoms with Crippen LogP contribution in [0.5, 0.6) is 0 Å². The largest absolute Gasteiger partial charge is 0.310 e. The Balaban J connectivity index is 0.827. The van der Waals surface area contributed by atoms with Crippen LogP contribution in [-0.4, -0.2) is 4.40 Å². The molecule has 0 unspecified atom stereocenters. The summed E-state index contributed by atoms with van der Waals surface area (Å²) in [6.45, 7) is 0. The van der Waals surface area contributed by atoms with E-state index >= 15 is 0 Å². The van der Waals surface area contributed by atoms with Gasteiger partial charge in [-0.3, -0.25) is 0 Å². The van der Waals surface area contributed by atoms with Crippen molar-refractivity contribution < 1.29 is 0 Å². The highest BCUT2D eigenvalue weighted by Gasteiger charge is 2.29. The van der Waals surface area contributed by atoms with Gasteiger partial charge in [0.1, 0.15) is 0 Å². The van der Waals surface area contributed by atoms with Gasteiger partial charge >= 0.3 is 0 Å². The van der Waals surface area contributed by atoms with Crippen LogP contribution < -0.4 is 4.90 Å². The minimum atomic E-state index is 0.233. The molecule has 0 aliphatic heterocycles. The van der Waals surface area contributed by atoms with Crippen molar-refractivity contribution in [3.63, 3.8) is 0 Å². The Hall–Kier alpha value is -8.98. The first-order valence-electron chi connectivity index (χ1n) is 24.0. The standard InChI is InChI=1S/C67H42N2/c1-2-14-52-50(12-1)51-13-3-4-17-55(51)62-41-49(37-38-56(52)62)68(47-33-28-43(29-34-47)42-24-26-45(27-25-42)66-58-19-7-5-15-53(58)54-16-6-8-20-59(54)66)48-35-30-44(31-36-48)46-32-39-65-63(40-46)61-22-11-21-60-57-18-9-10-23-64(57)69(65)67(60)61/h1-41,66H. The van der Waals surface area contributed by atoms with Crippen molar-refractivity contribution >= 4 is 87.5 Å². The molecule has 1 aliphatic carbocycles. The van der Waals surface area contributed by atoms with Crippen molar-refractivity contribution in [3.8, 4) is 33.4 Å². The molecule has 1 aliphatic rings. The first-order valence-corrected chi connectivity index (χ1v) is 24.0. The molecule has 14 aromatic rings. The Bertz CT molecular complexity index is 4270. The van der Waals surface area contributed by atoms with E-state index in [0.29, 0.717) is 0 Å². The number of para-hydroxylation sites is 2. The zero-order valence-electron chi connectivity index (χ0n) is 37.6. The number of benzene rings is 12. The van der Waals surface area contributed by atoms with Gasteiger partial charge in [-0.15, -0.1) is 0 Å². The zero-order valence-corrected chi connectivity index (χ0v) is 37.6. The third-order valence-electron chi connectivity index (χ3n) is 15.2. The van der Waals surface area contributed by atoms with E-state index in [1.54, 1.807) is 0 Å². The van der Waals surface area contributed by atoms with Gasteiger partial charge in [-0.25, -0.2) is 0 Å². The lowest BCUT2D eigenvalue weighted by atomic mass is 9.88. The molecule has 2 heterocycles. The number of fused-ring (bicyclic) bond motifs is 15. The van der Waals surface area contributed by atoms with Crippen LogP contribution in [0, 0.1) is 0 Å². The molecule has 0 radical (unpaired) electrons. The van der Waals surface area contributed by atoms with Crippen LogP contribution in [0.25, 0.3) is 104 Å². The Morgan fingerprint density at radius 2 is 0.710 bits per heavy atom. The fraction of sp³-hybridized carbons (Fsp3) is 0.0149. The molecule has 0 N–H and O–H groups in total. The van der Waals surface area contributed by atoms with Crippen LogP contribution in [0.2, 0.25) is 0 Å². The van der Waals surface area contributed by atoms with Gasteiger partial charge in [-0.2, -0.15) is 0 Å². The normalized spacial score (nSPS) is 12.6. The smallest absolute Gasteiger partial charge is 0.0620 e. The summed E-state index contributed by atoms with van der Waals surface area (Å²) < 4.78 is 2.45. The maximum absolute atomic E-state index is 2.45. The van der Waals surface area contributed by atoms with Crippen LogP contribution >= 0.6 is 0 Å². The van der Waals surface area contributed by atoms with Crippen molar-refractivity contribution in [2.45, 2.75) is 5.92 Å². The molecule has 0 bridgehead atoms. The number of nitrogens with zero attached hydrogens (tertiary/aromatic N) is 2. The number of hydrogen-bond donors (Lipinski definition) is 0. The third-order valence-corrected chi connectivity index (χ3v) is 15.2. The summed E-state index contributed by atoms with van der Waals surface area (Å²) in [4.78, 5) is 2.41. The van der Waals surface area contributed by atoms with Gasteiger partial charge in [0, 0.05) is 44.5 Å². The Kier molecular flexibility index (Phi) is 8.16. The highest BCUT2D eigenvalue weighted by molar-refractivity contribution is 6.26. The van der Waals surface area contributed by atoms with Crippen molar-refractivity contribution in [1.82, 2.24) is 4.40 Å². The Morgan fingerprint density at radius 1 is 0.275 bits per heavy atom. The molecule has 15 rings (SSSR count). The second-order valence-electron chi connectivity index (χ2n) is 18.8. The van der Waals surface area contributed by atoms with Crippen LogP contribution in [-0.2, 0) is 0 Å². The van der Waals surface area contributed by atoms with E-state index in [4.69, 9.17) is 0 Å². The van der Waals surface area contributed by atoms with E-state index in [1.807, 2.05) is 0 Å². The number of anilines is 3. The Labute approximate surface area is 399 Å². The highest BCUT2D eigenvalue weighted by Crippen LogP contribution is 2.49. The van der Waals surface area contributed by atoms with Gasteiger partial charge in [-0.1, -0.05) is 194 Å². The molecule has 0 amide bonds. The molecule has 2 heteroatoms. The molecular weight excluding hydrogens is 833 g/mol. The first-order chi connectivity index (χ1) is 34.2. The van der Waals surface area contributed by atoms with E-state index in [-0.39, 0.29) is 5.92 Å². The average molecular weight is 875 g/mol. The second-order valence-corrected chi connectivity index (χ2v) is 18.8. The van der Waals surface area contributed by atoms with Crippen LogP contribution in [0.4, 0.5) is 17.1 Å². The molecule has 12 aromatic carbocycles. The molecule has 0 saturated carbocycles. The summed E-state index contributed by atoms with van der Waals surface area (Å²) in [7, 11) is 0. The summed E-state index contributed by atoms with van der Waals surface area (Å²) in [5, 5.41) is 12.8. The molecular formula is C67H42N2. The van der Waals surface area contributed by atoms with E-state index in [1.165, 1.54) is 120 Å². The van der Waals surface area contributed by atoms with Crippen molar-refractivity contribution in [1.29, 1.82) is 0 Å². The molecule has 0 fully saturated rings. The minimum Gasteiger partial charge on any atom is -0.310 e. The summed E-state index contributed by atoms with van der Waals surface area (Å²) in [6.07, 6.45) is 0. The van der Waals surface area contributed by atoms with Crippen LogP contribution in [0.15, 0.2) is 249 Å². The molecule has 2 aromatic heterocycles. The predicted molar refractivity (Wildman–Crippen MR) is 292 cm³/mol. The highest BCUT2D eigenvalue weighted by atomic mass is 15.1. The third kappa shape index (κ3) is 5.67. The van der Waals surface area contributed by atoms with Gasteiger partial charge in [-0.05, 0) is 137 Å². The van der Waals surface area contributed by atoms with E-state index in [2.05, 4.69) is 258 Å². The van der Waals surface area contributed by atoms with E-state index < -0.39 is 0 Å². The van der Waals surface area contributed by atoms with Crippen molar-refractivity contribution in [2.75, 3.05) is 4.90 Å². The summed E-state index contributed by atoms with van der Waals surface area (Å²) in [5.74, 6) is 0.233. The zero-order chi connectivity index (χ0) is 45.2. The van der Waals surface area contributed by atoms with Crippen LogP contribution in [0.1, 0.15) is 22.6 Å². The first kappa shape index (κ1) is 38.2. The molecule has 0 saturated heterocycles. The maximum Gasteiger partial charge on any atom is 0.0620 e. The summed E-state index contributed by atoms with van der Waals surface area (Å²) >= 11 is 0. The number of hydrogen-bond acceptors (Lipinski definition) is 1. The second kappa shape index (κ2) is 14.8. The lowest BCUT2D eigenvalue weighted by molar-refractivity contribution is 1.02. The van der Waals surface area contributed by atoms with E-state index in [9.17, 15) is 0 Å². The SMILES string of the molecule is c1ccc2c(c1)-c1ccccc1C2c1ccc(-c2ccc(N(c3ccc(-c4ccc5c(c4)c4cccc6c7ccccc7n5c64)cc3)c3ccc4c5ccccc5c5ccccc5c4c3)cc2)cc1. The molecule has 320 valence electrons. The lowest BCUT2D eigenvalue weighted by Crippen LogP contribution is -2.10. The van der Waals surface area contributed by atoms with Gasteiger partial charge < -0.3 is 9.30 Å². The van der Waals surface area contributed by atoms with Gasteiger partial charge in [0.15, 0.2) is 0 Å². The van der Waals surface area contributed by atoms with Crippen molar-refractivity contribution in [2.24, 2.45) is 0 Å². The van der Waals surface area contributed by atoms with Gasteiger partial charge in [0.25, 0.3) is 0 Å². The predicted octanol–water partition coefficient (Wildman–Crippen LogP) is 18.3. The quantitative estimate of drug-likeness (QED) is 0.151.